The van der Waals surface area contributed by atoms with Crippen LogP contribution in [0, 0.1) is 5.92 Å². The fourth-order valence-corrected chi connectivity index (χ4v) is 5.00. The summed E-state index contributed by atoms with van der Waals surface area (Å²) in [5, 5.41) is 5.33. The smallest absolute Gasteiger partial charge is 0.238 e. The number of amides is 1. The fraction of sp³-hybridized carbons (Fsp3) is 0.474. The summed E-state index contributed by atoms with van der Waals surface area (Å²) in [6.45, 7) is 3.85. The van der Waals surface area contributed by atoms with Crippen molar-refractivity contribution in [3.8, 4) is 0 Å². The van der Waals surface area contributed by atoms with Crippen molar-refractivity contribution in [3.05, 3.63) is 47.0 Å². The Morgan fingerprint density at radius 2 is 2.15 bits per heavy atom. The van der Waals surface area contributed by atoms with Crippen LogP contribution in [0.5, 0.6) is 0 Å². The highest BCUT2D eigenvalue weighted by atomic mass is 32.2. The molecule has 1 amide bonds. The van der Waals surface area contributed by atoms with E-state index in [1.54, 1.807) is 6.07 Å². The molecular formula is C19H24N4O3S. The van der Waals surface area contributed by atoms with Crippen molar-refractivity contribution in [1.29, 1.82) is 0 Å². The number of hydrogen-bond acceptors (Lipinski definition) is 4. The highest BCUT2D eigenvalue weighted by Crippen LogP contribution is 2.28. The average Bonchev–Trinajstić information content (AvgIpc) is 3.08. The van der Waals surface area contributed by atoms with Gasteiger partial charge in [0.05, 0.1) is 10.6 Å². The molecule has 1 aromatic heterocycles. The van der Waals surface area contributed by atoms with Crippen molar-refractivity contribution < 1.29 is 13.2 Å². The Balaban J connectivity index is 1.52. The number of aryl methyl sites for hydroxylation is 2. The average molecular weight is 388 g/mol. The Hall–Kier alpha value is -2.19. The van der Waals surface area contributed by atoms with Crippen molar-refractivity contribution >= 4 is 15.9 Å². The SMILES string of the molecule is CCc1cn2c(n1)CC(C(=O)N1CCc3c(cccc3S(N)(=O)=O)C1)CC2. The molecule has 0 saturated carbocycles. The summed E-state index contributed by atoms with van der Waals surface area (Å²) in [5.74, 6) is 1.06. The molecule has 1 unspecified atom stereocenters. The molecule has 144 valence electrons. The zero-order valence-corrected chi connectivity index (χ0v) is 16.2. The first kappa shape index (κ1) is 18.2. The van der Waals surface area contributed by atoms with Gasteiger partial charge in [-0.1, -0.05) is 19.1 Å². The second kappa shape index (κ2) is 6.76. The van der Waals surface area contributed by atoms with Gasteiger partial charge in [-0.25, -0.2) is 18.5 Å². The van der Waals surface area contributed by atoms with Crippen LogP contribution in [0.2, 0.25) is 0 Å². The number of benzene rings is 1. The van der Waals surface area contributed by atoms with Crippen molar-refractivity contribution in [2.24, 2.45) is 11.1 Å². The van der Waals surface area contributed by atoms with Gasteiger partial charge in [-0.05, 0) is 36.5 Å². The number of nitrogens with zero attached hydrogens (tertiary/aromatic N) is 3. The summed E-state index contributed by atoms with van der Waals surface area (Å²) in [6.07, 6.45) is 4.97. The van der Waals surface area contributed by atoms with E-state index in [1.807, 2.05) is 11.0 Å². The third kappa shape index (κ3) is 3.39. The Bertz CT molecular complexity index is 996. The molecule has 0 spiro atoms. The minimum atomic E-state index is -3.75. The third-order valence-electron chi connectivity index (χ3n) is 5.61. The summed E-state index contributed by atoms with van der Waals surface area (Å²) in [4.78, 5) is 19.7. The fourth-order valence-electron chi connectivity index (χ4n) is 4.16. The number of rotatable bonds is 3. The van der Waals surface area contributed by atoms with Gasteiger partial charge in [0.15, 0.2) is 0 Å². The Morgan fingerprint density at radius 3 is 2.89 bits per heavy atom. The van der Waals surface area contributed by atoms with Crippen molar-refractivity contribution in [1.82, 2.24) is 14.5 Å². The van der Waals surface area contributed by atoms with Crippen molar-refractivity contribution in [2.45, 2.75) is 50.6 Å². The maximum atomic E-state index is 13.1. The number of fused-ring (bicyclic) bond motifs is 2. The Labute approximate surface area is 159 Å². The van der Waals surface area contributed by atoms with Crippen LogP contribution < -0.4 is 5.14 Å². The number of carbonyl (C=O) groups excluding carboxylic acids is 1. The molecule has 0 radical (unpaired) electrons. The lowest BCUT2D eigenvalue weighted by molar-refractivity contribution is -0.137. The third-order valence-corrected chi connectivity index (χ3v) is 6.60. The molecule has 4 rings (SSSR count). The molecule has 2 N–H and O–H groups in total. The number of primary sulfonamides is 1. The summed E-state index contributed by atoms with van der Waals surface area (Å²) in [5.41, 5.74) is 2.68. The van der Waals surface area contributed by atoms with Gasteiger partial charge in [0, 0.05) is 38.2 Å². The van der Waals surface area contributed by atoms with E-state index in [9.17, 15) is 13.2 Å². The predicted molar refractivity (Wildman–Crippen MR) is 100 cm³/mol. The van der Waals surface area contributed by atoms with E-state index in [0.29, 0.717) is 25.9 Å². The first-order valence-corrected chi connectivity index (χ1v) is 10.9. The highest BCUT2D eigenvalue weighted by molar-refractivity contribution is 7.89. The number of hydrogen-bond donors (Lipinski definition) is 1. The standard InChI is InChI=1S/C19H24N4O3S/c1-2-15-12-22-8-6-13(10-18(22)21-15)19(24)23-9-7-16-14(11-23)4-3-5-17(16)27(20,25)26/h3-5,12-13H,2,6-11H2,1H3,(H2,20,25,26). The number of carbonyl (C=O) groups is 1. The summed E-state index contributed by atoms with van der Waals surface area (Å²) >= 11 is 0. The predicted octanol–water partition coefficient (Wildman–Crippen LogP) is 1.24. The van der Waals surface area contributed by atoms with Gasteiger partial charge in [-0.15, -0.1) is 0 Å². The van der Waals surface area contributed by atoms with Crippen LogP contribution in [-0.4, -0.2) is 35.3 Å². The van der Waals surface area contributed by atoms with Crippen LogP contribution in [0.3, 0.4) is 0 Å². The van der Waals surface area contributed by atoms with E-state index in [1.165, 1.54) is 6.07 Å². The van der Waals surface area contributed by atoms with E-state index in [2.05, 4.69) is 22.7 Å². The largest absolute Gasteiger partial charge is 0.338 e. The zero-order chi connectivity index (χ0) is 19.2. The molecule has 1 aromatic carbocycles. The maximum Gasteiger partial charge on any atom is 0.238 e. The number of aromatic nitrogens is 2. The van der Waals surface area contributed by atoms with Gasteiger partial charge < -0.3 is 9.47 Å². The van der Waals surface area contributed by atoms with Gasteiger partial charge in [0.25, 0.3) is 0 Å². The molecule has 0 saturated heterocycles. The van der Waals surface area contributed by atoms with Crippen molar-refractivity contribution in [3.63, 3.8) is 0 Å². The quantitative estimate of drug-likeness (QED) is 0.855. The molecule has 2 aliphatic rings. The van der Waals surface area contributed by atoms with Gasteiger partial charge in [-0.2, -0.15) is 0 Å². The first-order chi connectivity index (χ1) is 12.9. The molecule has 0 aliphatic carbocycles. The number of sulfonamides is 1. The first-order valence-electron chi connectivity index (χ1n) is 9.34. The van der Waals surface area contributed by atoms with Crippen LogP contribution in [0.15, 0.2) is 29.3 Å². The Kier molecular flexibility index (Phi) is 4.55. The highest BCUT2D eigenvalue weighted by Gasteiger charge is 2.32. The minimum absolute atomic E-state index is 0.0624. The lowest BCUT2D eigenvalue weighted by atomic mass is 9.93. The van der Waals surface area contributed by atoms with Gasteiger partial charge in [-0.3, -0.25) is 4.79 Å². The van der Waals surface area contributed by atoms with E-state index in [-0.39, 0.29) is 16.7 Å². The molecule has 2 aliphatic heterocycles. The number of nitrogens with two attached hydrogens (primary N) is 1. The van der Waals surface area contributed by atoms with Gasteiger partial charge in [0.1, 0.15) is 5.82 Å². The van der Waals surface area contributed by atoms with E-state index < -0.39 is 10.0 Å². The lowest BCUT2D eigenvalue weighted by Crippen LogP contribution is -2.42. The second-order valence-electron chi connectivity index (χ2n) is 7.33. The van der Waals surface area contributed by atoms with E-state index in [0.717, 1.165) is 42.0 Å². The van der Waals surface area contributed by atoms with E-state index in [4.69, 9.17) is 5.14 Å². The van der Waals surface area contributed by atoms with Gasteiger partial charge in [0.2, 0.25) is 15.9 Å². The molecule has 0 fully saturated rings. The van der Waals surface area contributed by atoms with Crippen LogP contribution in [-0.2, 0) is 47.2 Å². The number of imidazole rings is 1. The molecular weight excluding hydrogens is 364 g/mol. The lowest BCUT2D eigenvalue weighted by Gasteiger charge is -2.33. The maximum absolute atomic E-state index is 13.1. The summed E-state index contributed by atoms with van der Waals surface area (Å²) < 4.78 is 25.8. The zero-order valence-electron chi connectivity index (χ0n) is 15.4. The van der Waals surface area contributed by atoms with Crippen LogP contribution in [0.25, 0.3) is 0 Å². The molecule has 3 heterocycles. The van der Waals surface area contributed by atoms with Crippen LogP contribution >= 0.6 is 0 Å². The monoisotopic (exact) mass is 388 g/mol. The summed E-state index contributed by atoms with van der Waals surface area (Å²) in [7, 11) is -3.75. The molecule has 2 aromatic rings. The summed E-state index contributed by atoms with van der Waals surface area (Å²) in [6, 6.07) is 5.11. The van der Waals surface area contributed by atoms with Gasteiger partial charge >= 0.3 is 0 Å². The minimum Gasteiger partial charge on any atom is -0.338 e. The molecule has 8 heteroatoms. The van der Waals surface area contributed by atoms with Crippen LogP contribution in [0.1, 0.15) is 36.0 Å². The second-order valence-corrected chi connectivity index (χ2v) is 8.86. The normalized spacial score (nSPS) is 19.5. The Morgan fingerprint density at radius 1 is 1.33 bits per heavy atom. The van der Waals surface area contributed by atoms with Crippen molar-refractivity contribution in [2.75, 3.05) is 6.54 Å². The van der Waals surface area contributed by atoms with Crippen LogP contribution in [0.4, 0.5) is 0 Å². The molecule has 1 atom stereocenters. The topological polar surface area (TPSA) is 98.3 Å². The molecule has 27 heavy (non-hydrogen) atoms. The molecule has 7 nitrogen and oxygen atoms in total. The van der Waals surface area contributed by atoms with E-state index >= 15 is 0 Å². The molecule has 0 bridgehead atoms.